The fraction of sp³-hybridized carbons (Fsp3) is 0.188. The number of phenols is 1. The number of ether oxygens (including phenoxy) is 1. The van der Waals surface area contributed by atoms with Gasteiger partial charge in [0, 0.05) is 10.0 Å². The Bertz CT molecular complexity index is 640. The highest BCUT2D eigenvalue weighted by Gasteiger charge is 2.25. The smallest absolute Gasteiger partial charge is 0.313 e. The third kappa shape index (κ3) is 3.82. The number of rotatable bonds is 4. The van der Waals surface area contributed by atoms with Crippen molar-refractivity contribution in [3.05, 3.63) is 63.9 Å². The van der Waals surface area contributed by atoms with Crippen LogP contribution in [0.25, 0.3) is 0 Å². The van der Waals surface area contributed by atoms with Gasteiger partial charge in [-0.25, -0.2) is 4.39 Å². The van der Waals surface area contributed by atoms with Crippen molar-refractivity contribution in [2.45, 2.75) is 12.3 Å². The molecule has 21 heavy (non-hydrogen) atoms. The quantitative estimate of drug-likeness (QED) is 0.851. The highest BCUT2D eigenvalue weighted by Crippen LogP contribution is 2.32. The third-order valence-electron chi connectivity index (χ3n) is 3.20. The number of carbonyl (C=O) groups excluding carboxylic acids is 1. The Kier molecular flexibility index (Phi) is 4.96. The molecule has 0 aliphatic carbocycles. The van der Waals surface area contributed by atoms with Gasteiger partial charge in [0.25, 0.3) is 0 Å². The third-order valence-corrected chi connectivity index (χ3v) is 3.70. The molecular formula is C16H14BrFO3. The summed E-state index contributed by atoms with van der Waals surface area (Å²) in [5, 5.41) is 9.98. The number of methoxy groups -OCH3 is 1. The summed E-state index contributed by atoms with van der Waals surface area (Å²) in [4.78, 5) is 12.0. The van der Waals surface area contributed by atoms with E-state index in [2.05, 4.69) is 15.9 Å². The molecule has 0 aliphatic heterocycles. The van der Waals surface area contributed by atoms with Crippen LogP contribution in [0.5, 0.6) is 5.75 Å². The second-order valence-corrected chi connectivity index (χ2v) is 5.53. The Morgan fingerprint density at radius 1 is 1.29 bits per heavy atom. The number of esters is 1. The van der Waals surface area contributed by atoms with Gasteiger partial charge < -0.3 is 9.84 Å². The van der Waals surface area contributed by atoms with Crippen molar-refractivity contribution in [1.29, 1.82) is 0 Å². The lowest BCUT2D eigenvalue weighted by Gasteiger charge is -2.17. The largest absolute Gasteiger partial charge is 0.508 e. The number of phenolic OH excluding ortho intramolecular Hbond substituents is 1. The van der Waals surface area contributed by atoms with Crippen molar-refractivity contribution in [2.75, 3.05) is 7.11 Å². The van der Waals surface area contributed by atoms with Gasteiger partial charge in [0.15, 0.2) is 0 Å². The normalized spacial score (nSPS) is 12.0. The Morgan fingerprint density at radius 2 is 1.95 bits per heavy atom. The molecule has 0 radical (unpaired) electrons. The maximum Gasteiger partial charge on any atom is 0.313 e. The molecule has 110 valence electrons. The number of benzene rings is 2. The molecule has 0 aliphatic rings. The van der Waals surface area contributed by atoms with E-state index in [1.165, 1.54) is 25.3 Å². The first-order valence-electron chi connectivity index (χ1n) is 6.32. The molecule has 0 amide bonds. The van der Waals surface area contributed by atoms with Crippen molar-refractivity contribution in [3.63, 3.8) is 0 Å². The van der Waals surface area contributed by atoms with Gasteiger partial charge in [0.2, 0.25) is 0 Å². The summed E-state index contributed by atoms with van der Waals surface area (Å²) >= 11 is 3.32. The van der Waals surface area contributed by atoms with Crippen LogP contribution in [-0.4, -0.2) is 18.2 Å². The molecule has 0 saturated carbocycles. The summed E-state index contributed by atoms with van der Waals surface area (Å²) in [7, 11) is 1.30. The van der Waals surface area contributed by atoms with Gasteiger partial charge in [-0.2, -0.15) is 0 Å². The molecule has 2 rings (SSSR count). The highest BCUT2D eigenvalue weighted by atomic mass is 79.9. The minimum absolute atomic E-state index is 0.0238. The number of carbonyl (C=O) groups is 1. The van der Waals surface area contributed by atoms with E-state index < -0.39 is 11.9 Å². The van der Waals surface area contributed by atoms with Crippen molar-refractivity contribution in [3.8, 4) is 5.75 Å². The van der Waals surface area contributed by atoms with Gasteiger partial charge >= 0.3 is 5.97 Å². The summed E-state index contributed by atoms with van der Waals surface area (Å²) < 4.78 is 18.5. The first kappa shape index (κ1) is 15.5. The van der Waals surface area contributed by atoms with Crippen LogP contribution in [0.4, 0.5) is 4.39 Å². The fourth-order valence-corrected chi connectivity index (χ4v) is 2.50. The van der Waals surface area contributed by atoms with E-state index in [1.807, 2.05) is 0 Å². The Hall–Kier alpha value is -1.88. The molecule has 0 bridgehead atoms. The maximum atomic E-state index is 13.0. The zero-order valence-electron chi connectivity index (χ0n) is 11.3. The van der Waals surface area contributed by atoms with Crippen LogP contribution < -0.4 is 0 Å². The van der Waals surface area contributed by atoms with Crippen LogP contribution in [0.1, 0.15) is 17.0 Å². The fourth-order valence-electron chi connectivity index (χ4n) is 2.12. The van der Waals surface area contributed by atoms with Gasteiger partial charge in [0.1, 0.15) is 11.6 Å². The van der Waals surface area contributed by atoms with E-state index in [0.717, 1.165) is 10.0 Å². The van der Waals surface area contributed by atoms with Crippen LogP contribution in [0.3, 0.4) is 0 Å². The molecule has 2 aromatic rings. The molecule has 1 unspecified atom stereocenters. The average Bonchev–Trinajstić information content (AvgIpc) is 2.48. The molecule has 0 spiro atoms. The Morgan fingerprint density at radius 3 is 2.57 bits per heavy atom. The van der Waals surface area contributed by atoms with Crippen molar-refractivity contribution < 1.29 is 19.0 Å². The second kappa shape index (κ2) is 6.72. The summed E-state index contributed by atoms with van der Waals surface area (Å²) in [5.74, 6) is -1.42. The molecular weight excluding hydrogens is 339 g/mol. The predicted molar refractivity (Wildman–Crippen MR) is 80.7 cm³/mol. The van der Waals surface area contributed by atoms with E-state index in [9.17, 15) is 14.3 Å². The monoisotopic (exact) mass is 352 g/mol. The molecule has 0 aromatic heterocycles. The molecule has 0 heterocycles. The van der Waals surface area contributed by atoms with E-state index in [0.29, 0.717) is 12.0 Å². The SMILES string of the molecule is COC(=O)C(Cc1ccc(F)cc1)c1cc(Br)ccc1O. The minimum atomic E-state index is -0.655. The zero-order valence-corrected chi connectivity index (χ0v) is 12.9. The molecule has 5 heteroatoms. The van der Waals surface area contributed by atoms with Gasteiger partial charge in [-0.05, 0) is 42.3 Å². The van der Waals surface area contributed by atoms with E-state index in [-0.39, 0.29) is 11.6 Å². The van der Waals surface area contributed by atoms with E-state index in [4.69, 9.17) is 4.74 Å². The van der Waals surface area contributed by atoms with Crippen LogP contribution in [0.2, 0.25) is 0 Å². The minimum Gasteiger partial charge on any atom is -0.508 e. The van der Waals surface area contributed by atoms with Crippen LogP contribution >= 0.6 is 15.9 Å². The summed E-state index contributed by atoms with van der Waals surface area (Å²) in [6, 6.07) is 10.8. The van der Waals surface area contributed by atoms with E-state index in [1.54, 1.807) is 24.3 Å². The lowest BCUT2D eigenvalue weighted by atomic mass is 9.91. The highest BCUT2D eigenvalue weighted by molar-refractivity contribution is 9.10. The lowest BCUT2D eigenvalue weighted by molar-refractivity contribution is -0.142. The first-order chi connectivity index (χ1) is 10.0. The standard InChI is InChI=1S/C16H14BrFO3/c1-21-16(20)14(8-10-2-5-12(18)6-3-10)13-9-11(17)4-7-15(13)19/h2-7,9,14,19H,8H2,1H3. The van der Waals surface area contributed by atoms with Gasteiger partial charge in [-0.15, -0.1) is 0 Å². The van der Waals surface area contributed by atoms with Gasteiger partial charge in [-0.3, -0.25) is 4.79 Å². The molecule has 0 fully saturated rings. The Balaban J connectivity index is 2.36. The second-order valence-electron chi connectivity index (χ2n) is 4.61. The number of hydrogen-bond donors (Lipinski definition) is 1. The number of aromatic hydroxyl groups is 1. The van der Waals surface area contributed by atoms with Gasteiger partial charge in [0.05, 0.1) is 13.0 Å². The van der Waals surface area contributed by atoms with Crippen LogP contribution in [0.15, 0.2) is 46.9 Å². The average molecular weight is 353 g/mol. The molecule has 1 atom stereocenters. The molecule has 2 aromatic carbocycles. The maximum absolute atomic E-state index is 13.0. The van der Waals surface area contributed by atoms with Crippen molar-refractivity contribution in [1.82, 2.24) is 0 Å². The number of hydrogen-bond acceptors (Lipinski definition) is 3. The predicted octanol–water partition coefficient (Wildman–Crippen LogP) is 3.79. The van der Waals surface area contributed by atoms with Crippen molar-refractivity contribution in [2.24, 2.45) is 0 Å². The lowest BCUT2D eigenvalue weighted by Crippen LogP contribution is -2.17. The van der Waals surface area contributed by atoms with E-state index >= 15 is 0 Å². The summed E-state index contributed by atoms with van der Waals surface area (Å²) in [6.45, 7) is 0. The first-order valence-corrected chi connectivity index (χ1v) is 7.11. The topological polar surface area (TPSA) is 46.5 Å². The zero-order chi connectivity index (χ0) is 15.4. The van der Waals surface area contributed by atoms with Crippen LogP contribution in [0, 0.1) is 5.82 Å². The molecule has 3 nitrogen and oxygen atoms in total. The van der Waals surface area contributed by atoms with Crippen LogP contribution in [-0.2, 0) is 16.0 Å². The molecule has 1 N–H and O–H groups in total. The summed E-state index contributed by atoms with van der Waals surface area (Å²) in [5.41, 5.74) is 1.26. The number of halogens is 2. The van der Waals surface area contributed by atoms with Gasteiger partial charge in [-0.1, -0.05) is 28.1 Å². The Labute approximate surface area is 130 Å². The molecule has 0 saturated heterocycles. The van der Waals surface area contributed by atoms with Crippen molar-refractivity contribution >= 4 is 21.9 Å². The summed E-state index contributed by atoms with van der Waals surface area (Å²) in [6.07, 6.45) is 0.316.